The second kappa shape index (κ2) is 7.82. The molecule has 2 unspecified atom stereocenters. The first kappa shape index (κ1) is 18.2. The molecule has 2 bridgehead atoms. The summed E-state index contributed by atoms with van der Waals surface area (Å²) in [5.41, 5.74) is 1.02. The summed E-state index contributed by atoms with van der Waals surface area (Å²) in [6.07, 6.45) is 12.5. The van der Waals surface area contributed by atoms with Gasteiger partial charge in [0.15, 0.2) is 5.66 Å². The molecule has 1 aromatic rings. The van der Waals surface area contributed by atoms with E-state index in [1.54, 1.807) is 0 Å². The van der Waals surface area contributed by atoms with Crippen molar-refractivity contribution < 1.29 is 4.79 Å². The van der Waals surface area contributed by atoms with Gasteiger partial charge in [-0.25, -0.2) is 0 Å². The van der Waals surface area contributed by atoms with E-state index in [1.165, 1.54) is 18.4 Å². The molecular formula is C22H28N4O. The molecule has 0 aromatic heterocycles. The van der Waals surface area contributed by atoms with Crippen molar-refractivity contribution in [2.75, 3.05) is 0 Å². The van der Waals surface area contributed by atoms with E-state index in [9.17, 15) is 4.79 Å². The highest BCUT2D eigenvalue weighted by molar-refractivity contribution is 5.76. The average molecular weight is 364 g/mol. The number of nitrogens with one attached hydrogen (secondary N) is 1. The zero-order valence-electron chi connectivity index (χ0n) is 15.8. The summed E-state index contributed by atoms with van der Waals surface area (Å²) < 4.78 is 0. The van der Waals surface area contributed by atoms with Gasteiger partial charge in [-0.1, -0.05) is 30.3 Å². The van der Waals surface area contributed by atoms with E-state index in [4.69, 9.17) is 6.42 Å². The normalized spacial score (nSPS) is 27.9. The number of amides is 1. The lowest BCUT2D eigenvalue weighted by Crippen LogP contribution is -2.50. The minimum atomic E-state index is -0.359. The minimum Gasteiger partial charge on any atom is -0.353 e. The maximum atomic E-state index is 12.4. The number of nitrogens with zero attached hydrogens (tertiary/aromatic N) is 3. The summed E-state index contributed by atoms with van der Waals surface area (Å²) in [5.74, 6) is 2.76. The highest BCUT2D eigenvalue weighted by atomic mass is 16.1. The Balaban J connectivity index is 1.24. The van der Waals surface area contributed by atoms with Crippen LogP contribution in [0, 0.1) is 12.3 Å². The number of hydrogen-bond acceptors (Lipinski definition) is 4. The van der Waals surface area contributed by atoms with Crippen molar-refractivity contribution in [2.24, 2.45) is 10.2 Å². The van der Waals surface area contributed by atoms with Gasteiger partial charge in [0.1, 0.15) is 0 Å². The highest BCUT2D eigenvalue weighted by Gasteiger charge is 2.42. The summed E-state index contributed by atoms with van der Waals surface area (Å²) in [4.78, 5) is 15.1. The molecule has 1 N–H and O–H groups in total. The third-order valence-corrected chi connectivity index (χ3v) is 6.26. The number of rotatable bonds is 8. The number of piperidine rings is 1. The van der Waals surface area contributed by atoms with Gasteiger partial charge < -0.3 is 5.32 Å². The Morgan fingerprint density at radius 1 is 1.19 bits per heavy atom. The molecular weight excluding hydrogens is 336 g/mol. The smallest absolute Gasteiger partial charge is 0.220 e. The molecule has 3 heterocycles. The predicted octanol–water partition coefficient (Wildman–Crippen LogP) is 3.65. The molecule has 27 heavy (non-hydrogen) atoms. The Morgan fingerprint density at radius 2 is 1.89 bits per heavy atom. The standard InChI is InChI=1S/C22H28N4O/c1-2-3-12-22(24-25-22)13-11-21(27)23-18-14-19-9-10-20(15-18)26(19)16-17-7-5-4-6-8-17/h1,4-8,18-20H,3,9-16H2,(H,23,27). The largest absolute Gasteiger partial charge is 0.353 e. The number of fused-ring (bicyclic) bond motifs is 2. The van der Waals surface area contributed by atoms with Crippen LogP contribution in [0.25, 0.3) is 0 Å². The SMILES string of the molecule is C#CCCC1(CCC(=O)NC2CC3CCC(C2)N3Cc2ccccc2)N=N1. The van der Waals surface area contributed by atoms with Gasteiger partial charge in [-0.15, -0.1) is 12.3 Å². The van der Waals surface area contributed by atoms with Crippen LogP contribution < -0.4 is 5.32 Å². The van der Waals surface area contributed by atoms with Gasteiger partial charge >= 0.3 is 0 Å². The molecule has 0 radical (unpaired) electrons. The lowest BCUT2D eigenvalue weighted by Gasteiger charge is -2.39. The molecule has 142 valence electrons. The van der Waals surface area contributed by atoms with E-state index >= 15 is 0 Å². The van der Waals surface area contributed by atoms with Crippen LogP contribution in [-0.2, 0) is 11.3 Å². The Bertz CT molecular complexity index is 718. The first-order valence-electron chi connectivity index (χ1n) is 10.1. The summed E-state index contributed by atoms with van der Waals surface area (Å²) in [7, 11) is 0. The van der Waals surface area contributed by atoms with Crippen molar-refractivity contribution in [1.82, 2.24) is 10.2 Å². The van der Waals surface area contributed by atoms with Crippen molar-refractivity contribution in [3.63, 3.8) is 0 Å². The maximum absolute atomic E-state index is 12.4. The van der Waals surface area contributed by atoms with Crippen molar-refractivity contribution in [3.05, 3.63) is 35.9 Å². The van der Waals surface area contributed by atoms with Gasteiger partial charge in [0, 0.05) is 50.4 Å². The Morgan fingerprint density at radius 3 is 2.52 bits per heavy atom. The fourth-order valence-electron chi connectivity index (χ4n) is 4.73. The average Bonchev–Trinajstić information content (AvgIpc) is 3.41. The quantitative estimate of drug-likeness (QED) is 0.716. The first-order chi connectivity index (χ1) is 13.2. The van der Waals surface area contributed by atoms with Gasteiger partial charge in [-0.2, -0.15) is 10.2 Å². The number of benzene rings is 1. The highest BCUT2D eigenvalue weighted by Crippen LogP contribution is 2.38. The van der Waals surface area contributed by atoms with Crippen LogP contribution in [0.5, 0.6) is 0 Å². The maximum Gasteiger partial charge on any atom is 0.220 e. The van der Waals surface area contributed by atoms with Gasteiger partial charge in [0.25, 0.3) is 0 Å². The van der Waals surface area contributed by atoms with Crippen molar-refractivity contribution in [1.29, 1.82) is 0 Å². The van der Waals surface area contributed by atoms with E-state index in [0.717, 1.165) is 25.8 Å². The second-order valence-corrected chi connectivity index (χ2v) is 8.17. The fourth-order valence-corrected chi connectivity index (χ4v) is 4.73. The lowest BCUT2D eigenvalue weighted by molar-refractivity contribution is -0.122. The molecule has 0 spiro atoms. The van der Waals surface area contributed by atoms with Crippen LogP contribution in [0.2, 0.25) is 0 Å². The summed E-state index contributed by atoms with van der Waals surface area (Å²) in [6, 6.07) is 12.2. The minimum absolute atomic E-state index is 0.133. The zero-order chi connectivity index (χ0) is 18.7. The molecule has 4 rings (SSSR count). The molecule has 1 amide bonds. The third kappa shape index (κ3) is 4.39. The lowest BCUT2D eigenvalue weighted by atomic mass is 9.96. The monoisotopic (exact) mass is 364 g/mol. The summed E-state index contributed by atoms with van der Waals surface area (Å²) in [6.45, 7) is 1.03. The molecule has 3 aliphatic heterocycles. The molecule has 5 heteroatoms. The van der Waals surface area contributed by atoms with Crippen LogP contribution >= 0.6 is 0 Å². The van der Waals surface area contributed by atoms with Crippen LogP contribution in [0.3, 0.4) is 0 Å². The predicted molar refractivity (Wildman–Crippen MR) is 105 cm³/mol. The number of carbonyl (C=O) groups excluding carboxylic acids is 1. The number of carbonyl (C=O) groups is 1. The van der Waals surface area contributed by atoms with E-state index in [0.29, 0.717) is 37.4 Å². The molecule has 3 aliphatic rings. The Labute approximate surface area is 161 Å². The molecule has 2 saturated heterocycles. The van der Waals surface area contributed by atoms with E-state index < -0.39 is 0 Å². The van der Waals surface area contributed by atoms with Crippen molar-refractivity contribution >= 4 is 5.91 Å². The van der Waals surface area contributed by atoms with Gasteiger partial charge in [0.2, 0.25) is 5.91 Å². The van der Waals surface area contributed by atoms with Crippen LogP contribution in [-0.4, -0.2) is 34.6 Å². The fraction of sp³-hybridized carbons (Fsp3) is 0.591. The number of terminal acetylenes is 1. The van der Waals surface area contributed by atoms with Gasteiger partial charge in [-0.05, 0) is 31.2 Å². The zero-order valence-corrected chi connectivity index (χ0v) is 15.8. The van der Waals surface area contributed by atoms with E-state index in [2.05, 4.69) is 56.7 Å². The van der Waals surface area contributed by atoms with Gasteiger partial charge in [0.05, 0.1) is 0 Å². The van der Waals surface area contributed by atoms with Crippen LogP contribution in [0.15, 0.2) is 40.6 Å². The van der Waals surface area contributed by atoms with Crippen LogP contribution in [0.4, 0.5) is 0 Å². The van der Waals surface area contributed by atoms with Gasteiger partial charge in [-0.3, -0.25) is 9.69 Å². The van der Waals surface area contributed by atoms with E-state index in [1.807, 2.05) is 0 Å². The van der Waals surface area contributed by atoms with Crippen molar-refractivity contribution in [3.8, 4) is 12.3 Å². The van der Waals surface area contributed by atoms with Crippen molar-refractivity contribution in [2.45, 2.75) is 81.7 Å². The first-order valence-corrected chi connectivity index (χ1v) is 10.1. The molecule has 2 fully saturated rings. The molecule has 0 saturated carbocycles. The summed E-state index contributed by atoms with van der Waals surface area (Å²) >= 11 is 0. The molecule has 1 aromatic carbocycles. The molecule has 2 atom stereocenters. The summed E-state index contributed by atoms with van der Waals surface area (Å²) in [5, 5.41) is 11.5. The number of hydrogen-bond donors (Lipinski definition) is 1. The van der Waals surface area contributed by atoms with E-state index in [-0.39, 0.29) is 11.6 Å². The van der Waals surface area contributed by atoms with Crippen LogP contribution in [0.1, 0.15) is 56.9 Å². The Hall–Kier alpha value is -2.19. The Kier molecular flexibility index (Phi) is 5.27. The third-order valence-electron chi connectivity index (χ3n) is 6.26. The topological polar surface area (TPSA) is 57.1 Å². The molecule has 0 aliphatic carbocycles. The second-order valence-electron chi connectivity index (χ2n) is 8.17. The molecule has 5 nitrogen and oxygen atoms in total.